The van der Waals surface area contributed by atoms with Gasteiger partial charge in [-0.15, -0.1) is 0 Å². The summed E-state index contributed by atoms with van der Waals surface area (Å²) in [7, 11) is -4.04. The van der Waals surface area contributed by atoms with Gasteiger partial charge in [0.25, 0.3) is 5.91 Å². The molecule has 0 bridgehead atoms. The fraction of sp³-hybridized carbons (Fsp3) is 0.278. The van der Waals surface area contributed by atoms with E-state index in [1.165, 1.54) is 18.2 Å². The predicted molar refractivity (Wildman–Crippen MR) is 93.5 cm³/mol. The summed E-state index contributed by atoms with van der Waals surface area (Å²) in [4.78, 5) is 11.4. The van der Waals surface area contributed by atoms with E-state index in [1.54, 1.807) is 12.1 Å². The first-order valence-electron chi connectivity index (χ1n) is 8.01. The molecule has 0 unspecified atom stereocenters. The number of carbonyl (C=O) groups excluding carboxylic acids is 1. The highest BCUT2D eigenvalue weighted by Gasteiger charge is 2.23. The van der Waals surface area contributed by atoms with E-state index >= 15 is 0 Å². The van der Waals surface area contributed by atoms with E-state index in [1.807, 2.05) is 26.0 Å². The van der Waals surface area contributed by atoms with Crippen LogP contribution in [0, 0.1) is 0 Å². The van der Waals surface area contributed by atoms with Crippen molar-refractivity contribution in [3.05, 3.63) is 48.0 Å². The Labute approximate surface area is 146 Å². The van der Waals surface area contributed by atoms with Gasteiger partial charge in [-0.3, -0.25) is 4.79 Å². The molecular weight excluding hydrogens is 342 g/mol. The number of hydrogen-bond acceptors (Lipinski definition) is 5. The Kier molecular flexibility index (Phi) is 4.67. The maximum atomic E-state index is 12.7. The molecule has 1 aliphatic heterocycles. The molecule has 0 radical (unpaired) electrons. The average molecular weight is 361 g/mol. The molecule has 1 aliphatic rings. The summed E-state index contributed by atoms with van der Waals surface area (Å²) in [6, 6.07) is 11.3. The van der Waals surface area contributed by atoms with E-state index in [9.17, 15) is 13.2 Å². The highest BCUT2D eigenvalue weighted by molar-refractivity contribution is 7.87. The van der Waals surface area contributed by atoms with E-state index in [2.05, 4.69) is 5.32 Å². The highest BCUT2D eigenvalue weighted by atomic mass is 32.2. The number of amides is 1. The third-order valence-electron chi connectivity index (χ3n) is 4.13. The lowest BCUT2D eigenvalue weighted by Gasteiger charge is -2.19. The molecule has 0 aliphatic carbocycles. The SMILES string of the molecule is CC[C@H](C)c1ccccc1OS(=O)(=O)c1ccc2c(c1)NC(=O)CO2. The second kappa shape index (κ2) is 6.76. The Morgan fingerprint density at radius 2 is 2.00 bits per heavy atom. The molecule has 25 heavy (non-hydrogen) atoms. The van der Waals surface area contributed by atoms with Crippen molar-refractivity contribution >= 4 is 21.7 Å². The fourth-order valence-corrected chi connectivity index (χ4v) is 3.55. The minimum absolute atomic E-state index is 0.0454. The number of para-hydroxylation sites is 1. The molecule has 1 heterocycles. The third kappa shape index (κ3) is 3.61. The van der Waals surface area contributed by atoms with Crippen molar-refractivity contribution in [2.24, 2.45) is 0 Å². The first kappa shape index (κ1) is 17.3. The van der Waals surface area contributed by atoms with E-state index in [0.29, 0.717) is 17.2 Å². The second-order valence-corrected chi connectivity index (χ2v) is 7.43. The second-order valence-electron chi connectivity index (χ2n) is 5.88. The van der Waals surface area contributed by atoms with Crippen molar-refractivity contribution in [1.29, 1.82) is 0 Å². The average Bonchev–Trinajstić information content (AvgIpc) is 2.60. The number of nitrogens with one attached hydrogen (secondary N) is 1. The minimum atomic E-state index is -4.04. The number of benzene rings is 2. The van der Waals surface area contributed by atoms with Gasteiger partial charge in [0.05, 0.1) is 5.69 Å². The van der Waals surface area contributed by atoms with Crippen LogP contribution in [0.3, 0.4) is 0 Å². The van der Waals surface area contributed by atoms with Crippen LogP contribution >= 0.6 is 0 Å². The zero-order chi connectivity index (χ0) is 18.0. The van der Waals surface area contributed by atoms with Gasteiger partial charge in [-0.25, -0.2) is 0 Å². The zero-order valence-electron chi connectivity index (χ0n) is 14.0. The Bertz CT molecular complexity index is 907. The zero-order valence-corrected chi connectivity index (χ0v) is 14.8. The van der Waals surface area contributed by atoms with Gasteiger partial charge in [0.2, 0.25) is 0 Å². The number of ether oxygens (including phenoxy) is 1. The van der Waals surface area contributed by atoms with Gasteiger partial charge in [-0.2, -0.15) is 8.42 Å². The van der Waals surface area contributed by atoms with E-state index in [-0.39, 0.29) is 23.3 Å². The van der Waals surface area contributed by atoms with E-state index < -0.39 is 10.1 Å². The van der Waals surface area contributed by atoms with Crippen molar-refractivity contribution < 1.29 is 22.1 Å². The smallest absolute Gasteiger partial charge is 0.339 e. The standard InChI is InChI=1S/C18H19NO5S/c1-3-12(2)14-6-4-5-7-16(14)24-25(21,22)13-8-9-17-15(10-13)19-18(20)11-23-17/h4-10,12H,3,11H2,1-2H3,(H,19,20)/t12-/m0/s1. The number of hydrogen-bond donors (Lipinski definition) is 1. The van der Waals surface area contributed by atoms with Crippen LogP contribution in [0.1, 0.15) is 31.7 Å². The van der Waals surface area contributed by atoms with E-state index in [0.717, 1.165) is 12.0 Å². The largest absolute Gasteiger partial charge is 0.482 e. The lowest BCUT2D eigenvalue weighted by Crippen LogP contribution is -2.25. The monoisotopic (exact) mass is 361 g/mol. The summed E-state index contributed by atoms with van der Waals surface area (Å²) in [5.41, 5.74) is 1.15. The molecule has 2 aromatic carbocycles. The lowest BCUT2D eigenvalue weighted by atomic mass is 9.98. The molecule has 0 aromatic heterocycles. The normalized spacial score (nSPS) is 14.9. The van der Waals surface area contributed by atoms with Crippen molar-refractivity contribution in [3.63, 3.8) is 0 Å². The lowest BCUT2D eigenvalue weighted by molar-refractivity contribution is -0.118. The molecule has 3 rings (SSSR count). The molecule has 7 heteroatoms. The molecule has 2 aromatic rings. The van der Waals surface area contributed by atoms with Gasteiger partial charge >= 0.3 is 10.1 Å². The quantitative estimate of drug-likeness (QED) is 0.827. The van der Waals surface area contributed by atoms with Gasteiger partial charge in [0, 0.05) is 0 Å². The number of fused-ring (bicyclic) bond motifs is 1. The third-order valence-corrected chi connectivity index (χ3v) is 5.36. The molecule has 0 fully saturated rings. The first-order chi connectivity index (χ1) is 11.9. The summed E-state index contributed by atoms with van der Waals surface area (Å²) in [6.45, 7) is 3.96. The van der Waals surface area contributed by atoms with Crippen LogP contribution in [0.25, 0.3) is 0 Å². The molecule has 0 saturated carbocycles. The summed E-state index contributed by atoms with van der Waals surface area (Å²) < 4.78 is 35.9. The molecule has 0 spiro atoms. The van der Waals surface area contributed by atoms with E-state index in [4.69, 9.17) is 8.92 Å². The Morgan fingerprint density at radius 1 is 1.24 bits per heavy atom. The maximum Gasteiger partial charge on any atom is 0.339 e. The van der Waals surface area contributed by atoms with Gasteiger partial charge in [-0.1, -0.05) is 32.0 Å². The van der Waals surface area contributed by atoms with Crippen LogP contribution in [0.15, 0.2) is 47.4 Å². The van der Waals surface area contributed by atoms with Crippen LogP contribution in [-0.2, 0) is 14.9 Å². The van der Waals surface area contributed by atoms with Crippen LogP contribution in [0.5, 0.6) is 11.5 Å². The fourth-order valence-electron chi connectivity index (χ4n) is 2.57. The molecule has 1 atom stereocenters. The van der Waals surface area contributed by atoms with Gasteiger partial charge in [0.1, 0.15) is 16.4 Å². The maximum absolute atomic E-state index is 12.7. The van der Waals surface area contributed by atoms with Gasteiger partial charge in [0.15, 0.2) is 6.61 Å². The number of carbonyl (C=O) groups is 1. The van der Waals surface area contributed by atoms with Crippen molar-refractivity contribution in [2.75, 3.05) is 11.9 Å². The van der Waals surface area contributed by atoms with Crippen LogP contribution < -0.4 is 14.2 Å². The molecule has 1 amide bonds. The molecular formula is C18H19NO5S. The molecule has 6 nitrogen and oxygen atoms in total. The predicted octanol–water partition coefficient (Wildman–Crippen LogP) is 3.30. The summed E-state index contributed by atoms with van der Waals surface area (Å²) >= 11 is 0. The van der Waals surface area contributed by atoms with Crippen LogP contribution in [0.2, 0.25) is 0 Å². The van der Waals surface area contributed by atoms with Crippen LogP contribution in [-0.4, -0.2) is 20.9 Å². The topological polar surface area (TPSA) is 81.7 Å². The van der Waals surface area contributed by atoms with Crippen molar-refractivity contribution in [1.82, 2.24) is 0 Å². The van der Waals surface area contributed by atoms with Gasteiger partial charge < -0.3 is 14.2 Å². The van der Waals surface area contributed by atoms with Crippen LogP contribution in [0.4, 0.5) is 5.69 Å². The highest BCUT2D eigenvalue weighted by Crippen LogP contribution is 2.33. The van der Waals surface area contributed by atoms with Crippen molar-refractivity contribution in [3.8, 4) is 11.5 Å². The summed E-state index contributed by atoms with van der Waals surface area (Å²) in [5.74, 6) is 0.584. The Morgan fingerprint density at radius 3 is 2.76 bits per heavy atom. The minimum Gasteiger partial charge on any atom is -0.482 e. The molecule has 1 N–H and O–H groups in total. The number of anilines is 1. The Balaban J connectivity index is 1.93. The van der Waals surface area contributed by atoms with Gasteiger partial charge in [-0.05, 0) is 42.2 Å². The number of rotatable bonds is 5. The summed E-state index contributed by atoms with van der Waals surface area (Å²) in [6.07, 6.45) is 0.864. The molecule has 132 valence electrons. The first-order valence-corrected chi connectivity index (χ1v) is 9.41. The Hall–Kier alpha value is -2.54. The molecule has 0 saturated heterocycles. The van der Waals surface area contributed by atoms with Crippen molar-refractivity contribution in [2.45, 2.75) is 31.1 Å². The summed E-state index contributed by atoms with van der Waals surface area (Å²) in [5, 5.41) is 2.59.